The van der Waals surface area contributed by atoms with E-state index in [2.05, 4.69) is 14.5 Å². The molecule has 0 aliphatic heterocycles. The van der Waals surface area contributed by atoms with Crippen LogP contribution in [0.15, 0.2) is 4.99 Å². The van der Waals surface area contributed by atoms with Crippen molar-refractivity contribution in [2.45, 2.75) is 26.1 Å². The zero-order chi connectivity index (χ0) is 13.5. The van der Waals surface area contributed by atoms with Crippen LogP contribution in [-0.4, -0.2) is 43.6 Å². The summed E-state index contributed by atoms with van der Waals surface area (Å²) in [5, 5.41) is 0. The largest absolute Gasteiger partial charge is 0.464 e. The van der Waals surface area contributed by atoms with Gasteiger partial charge in [0.1, 0.15) is 6.21 Å². The van der Waals surface area contributed by atoms with Gasteiger partial charge in [-0.3, -0.25) is 4.99 Å². The van der Waals surface area contributed by atoms with E-state index in [0.717, 1.165) is 0 Å². The smallest absolute Gasteiger partial charge is 0.426 e. The average Bonchev–Trinajstić information content (AvgIpc) is 2.16. The lowest BCUT2D eigenvalue weighted by molar-refractivity contribution is -0.156. The molecule has 0 aromatic rings. The van der Waals surface area contributed by atoms with E-state index in [1.807, 2.05) is 0 Å². The molecule has 0 radical (unpaired) electrons. The lowest BCUT2D eigenvalue weighted by Gasteiger charge is -2.10. The minimum atomic E-state index is -4.71. The van der Waals surface area contributed by atoms with Gasteiger partial charge in [0.05, 0.1) is 13.2 Å². The Morgan fingerprint density at radius 1 is 1.18 bits per heavy atom. The van der Waals surface area contributed by atoms with Crippen LogP contribution >= 0.6 is 0 Å². The van der Waals surface area contributed by atoms with E-state index in [0.29, 0.717) is 0 Å². The quantitative estimate of drug-likeness (QED) is 0.419. The second kappa shape index (κ2) is 6.87. The SMILES string of the molecule is CCOC(=O)C(N=CC(F)(F)F)C(=O)OCC. The standard InChI is InChI=1S/C9H12F3NO4/c1-3-16-7(14)6(8(15)17-4-2)13-5-9(10,11)12/h5-6H,3-4H2,1-2H3. The van der Waals surface area contributed by atoms with Crippen molar-refractivity contribution in [3.63, 3.8) is 0 Å². The van der Waals surface area contributed by atoms with Crippen LogP contribution in [0, 0.1) is 0 Å². The topological polar surface area (TPSA) is 65.0 Å². The summed E-state index contributed by atoms with van der Waals surface area (Å²) in [5.41, 5.74) is 0. The average molecular weight is 255 g/mol. The first kappa shape index (κ1) is 15.4. The Kier molecular flexibility index (Phi) is 6.22. The number of alkyl halides is 3. The second-order valence-electron chi connectivity index (χ2n) is 2.73. The number of aliphatic imine (C=N–C) groups is 1. The van der Waals surface area contributed by atoms with Crippen molar-refractivity contribution < 1.29 is 32.2 Å². The fourth-order valence-electron chi connectivity index (χ4n) is 0.819. The van der Waals surface area contributed by atoms with Gasteiger partial charge < -0.3 is 9.47 Å². The lowest BCUT2D eigenvalue weighted by Crippen LogP contribution is -2.33. The van der Waals surface area contributed by atoms with Gasteiger partial charge in [-0.05, 0) is 13.8 Å². The van der Waals surface area contributed by atoms with Crippen molar-refractivity contribution in [2.24, 2.45) is 4.99 Å². The molecule has 8 heteroatoms. The van der Waals surface area contributed by atoms with Crippen molar-refractivity contribution in [2.75, 3.05) is 13.2 Å². The molecule has 17 heavy (non-hydrogen) atoms. The number of halogens is 3. The molecule has 98 valence electrons. The van der Waals surface area contributed by atoms with Crippen LogP contribution < -0.4 is 0 Å². The Morgan fingerprint density at radius 3 is 1.88 bits per heavy atom. The van der Waals surface area contributed by atoms with Crippen LogP contribution in [0.2, 0.25) is 0 Å². The van der Waals surface area contributed by atoms with Crippen molar-refractivity contribution in [3.8, 4) is 0 Å². The van der Waals surface area contributed by atoms with Crippen LogP contribution in [0.4, 0.5) is 13.2 Å². The van der Waals surface area contributed by atoms with Gasteiger partial charge in [-0.1, -0.05) is 0 Å². The summed E-state index contributed by atoms with van der Waals surface area (Å²) >= 11 is 0. The Bertz CT molecular complexity index is 283. The van der Waals surface area contributed by atoms with E-state index in [1.54, 1.807) is 0 Å². The van der Waals surface area contributed by atoms with Gasteiger partial charge >= 0.3 is 18.1 Å². The molecular formula is C9H12F3NO4. The molecule has 0 bridgehead atoms. The lowest BCUT2D eigenvalue weighted by atomic mass is 10.3. The zero-order valence-electron chi connectivity index (χ0n) is 9.28. The highest BCUT2D eigenvalue weighted by atomic mass is 19.4. The van der Waals surface area contributed by atoms with E-state index in [1.165, 1.54) is 13.8 Å². The van der Waals surface area contributed by atoms with Gasteiger partial charge in [0, 0.05) is 0 Å². The molecule has 0 atom stereocenters. The van der Waals surface area contributed by atoms with Crippen molar-refractivity contribution in [1.82, 2.24) is 0 Å². The van der Waals surface area contributed by atoms with Crippen molar-refractivity contribution in [3.05, 3.63) is 0 Å². The molecule has 0 fully saturated rings. The third kappa shape index (κ3) is 6.54. The third-order valence-corrected chi connectivity index (χ3v) is 1.39. The van der Waals surface area contributed by atoms with Crippen LogP contribution in [0.5, 0.6) is 0 Å². The molecule has 0 saturated carbocycles. The predicted octanol–water partition coefficient (Wildman–Crippen LogP) is 1.11. The molecular weight excluding hydrogens is 243 g/mol. The summed E-state index contributed by atoms with van der Waals surface area (Å²) < 4.78 is 44.4. The van der Waals surface area contributed by atoms with Crippen LogP contribution in [0.25, 0.3) is 0 Å². The Labute approximate surface area is 95.6 Å². The Hall–Kier alpha value is -1.60. The molecule has 0 aliphatic rings. The van der Waals surface area contributed by atoms with E-state index in [9.17, 15) is 22.8 Å². The molecule has 0 unspecified atom stereocenters. The van der Waals surface area contributed by atoms with Crippen LogP contribution in [-0.2, 0) is 19.1 Å². The Morgan fingerprint density at radius 2 is 1.59 bits per heavy atom. The fraction of sp³-hybridized carbons (Fsp3) is 0.667. The third-order valence-electron chi connectivity index (χ3n) is 1.39. The molecule has 0 rings (SSSR count). The number of hydrogen-bond donors (Lipinski definition) is 0. The number of ether oxygens (including phenoxy) is 2. The summed E-state index contributed by atoms with van der Waals surface area (Å²) in [7, 11) is 0. The van der Waals surface area contributed by atoms with Gasteiger partial charge in [0.2, 0.25) is 6.04 Å². The molecule has 0 amide bonds. The highest BCUT2D eigenvalue weighted by Gasteiger charge is 2.31. The monoisotopic (exact) mass is 255 g/mol. The molecule has 0 spiro atoms. The summed E-state index contributed by atoms with van der Waals surface area (Å²) in [4.78, 5) is 25.2. The van der Waals surface area contributed by atoms with Gasteiger partial charge in [-0.25, -0.2) is 9.59 Å². The fourth-order valence-corrected chi connectivity index (χ4v) is 0.819. The Balaban J connectivity index is 4.79. The normalized spacial score (nSPS) is 11.9. The van der Waals surface area contributed by atoms with E-state index in [-0.39, 0.29) is 13.2 Å². The van der Waals surface area contributed by atoms with Gasteiger partial charge in [-0.15, -0.1) is 0 Å². The molecule has 0 N–H and O–H groups in total. The highest BCUT2D eigenvalue weighted by molar-refractivity contribution is 6.00. The van der Waals surface area contributed by atoms with Crippen molar-refractivity contribution >= 4 is 18.2 Å². The first-order valence-corrected chi connectivity index (χ1v) is 4.76. The number of rotatable bonds is 5. The molecule has 0 aromatic heterocycles. The molecule has 0 aromatic carbocycles. The summed E-state index contributed by atoms with van der Waals surface area (Å²) in [5.74, 6) is -2.35. The number of hydrogen-bond acceptors (Lipinski definition) is 5. The van der Waals surface area contributed by atoms with Gasteiger partial charge in [0.25, 0.3) is 0 Å². The summed E-state index contributed by atoms with van der Waals surface area (Å²) in [6.45, 7) is 2.76. The molecule has 0 heterocycles. The van der Waals surface area contributed by atoms with E-state index >= 15 is 0 Å². The predicted molar refractivity (Wildman–Crippen MR) is 51.6 cm³/mol. The first-order valence-electron chi connectivity index (χ1n) is 4.76. The number of carbonyl (C=O) groups excluding carboxylic acids is 2. The first-order chi connectivity index (χ1) is 7.81. The molecule has 0 aliphatic carbocycles. The maximum Gasteiger partial charge on any atom is 0.426 e. The minimum absolute atomic E-state index is 0.0731. The molecule has 5 nitrogen and oxygen atoms in total. The van der Waals surface area contributed by atoms with E-state index < -0.39 is 30.4 Å². The summed E-state index contributed by atoms with van der Waals surface area (Å²) in [6.07, 6.45) is -5.15. The maximum atomic E-state index is 11.9. The number of esters is 2. The zero-order valence-corrected chi connectivity index (χ0v) is 9.28. The van der Waals surface area contributed by atoms with Crippen LogP contribution in [0.3, 0.4) is 0 Å². The van der Waals surface area contributed by atoms with E-state index in [4.69, 9.17) is 0 Å². The van der Waals surface area contributed by atoms with Crippen molar-refractivity contribution in [1.29, 1.82) is 0 Å². The highest BCUT2D eigenvalue weighted by Crippen LogP contribution is 2.12. The molecule has 0 saturated heterocycles. The maximum absolute atomic E-state index is 11.9. The second-order valence-corrected chi connectivity index (χ2v) is 2.73. The minimum Gasteiger partial charge on any atom is -0.464 e. The van der Waals surface area contributed by atoms with Gasteiger partial charge in [-0.2, -0.15) is 13.2 Å². The van der Waals surface area contributed by atoms with Crippen LogP contribution in [0.1, 0.15) is 13.8 Å². The number of carbonyl (C=O) groups is 2. The van der Waals surface area contributed by atoms with Gasteiger partial charge in [0.15, 0.2) is 0 Å². The number of nitrogens with zero attached hydrogens (tertiary/aromatic N) is 1. The summed E-state index contributed by atoms with van der Waals surface area (Å²) in [6, 6.07) is -1.93.